The lowest BCUT2D eigenvalue weighted by Gasteiger charge is -2.15. The SMILES string of the molecule is Cc1ccc(C(=O)Nc2cc(OCCCN(C)C)cc(C(F)(F)F)c2)cc1-c1ccc2nc(N)ncc2c1. The maximum atomic E-state index is 13.5. The number of aryl methyl sites for hydroxylation is 1. The van der Waals surface area contributed by atoms with Gasteiger partial charge in [-0.3, -0.25) is 4.79 Å². The molecule has 198 valence electrons. The van der Waals surface area contributed by atoms with E-state index in [9.17, 15) is 18.0 Å². The second-order valence-corrected chi connectivity index (χ2v) is 9.23. The van der Waals surface area contributed by atoms with Gasteiger partial charge in [0.1, 0.15) is 5.75 Å². The maximum absolute atomic E-state index is 13.5. The average molecular weight is 524 g/mol. The Hall–Kier alpha value is -4.18. The number of carbonyl (C=O) groups is 1. The molecule has 0 aliphatic carbocycles. The lowest BCUT2D eigenvalue weighted by atomic mass is 9.97. The topological polar surface area (TPSA) is 93.4 Å². The molecule has 0 spiro atoms. The average Bonchev–Trinajstić information content (AvgIpc) is 2.86. The number of carbonyl (C=O) groups excluding carboxylic acids is 1. The molecule has 10 heteroatoms. The van der Waals surface area contributed by atoms with Gasteiger partial charge in [-0.15, -0.1) is 0 Å². The minimum atomic E-state index is -4.59. The molecule has 0 fully saturated rings. The Bertz CT molecular complexity index is 1470. The van der Waals surface area contributed by atoms with Crippen molar-refractivity contribution in [3.8, 4) is 16.9 Å². The van der Waals surface area contributed by atoms with Gasteiger partial charge in [0.05, 0.1) is 17.7 Å². The van der Waals surface area contributed by atoms with E-state index in [2.05, 4.69) is 15.3 Å². The van der Waals surface area contributed by atoms with Crippen molar-refractivity contribution >= 4 is 28.4 Å². The molecule has 3 N–H and O–H groups in total. The van der Waals surface area contributed by atoms with Crippen molar-refractivity contribution < 1.29 is 22.7 Å². The molecule has 4 rings (SSSR count). The molecule has 3 aromatic carbocycles. The smallest absolute Gasteiger partial charge is 0.416 e. The molecule has 1 amide bonds. The van der Waals surface area contributed by atoms with Crippen LogP contribution in [0.3, 0.4) is 0 Å². The number of anilines is 2. The van der Waals surface area contributed by atoms with Crippen molar-refractivity contribution in [2.24, 2.45) is 0 Å². The Balaban J connectivity index is 1.59. The van der Waals surface area contributed by atoms with Gasteiger partial charge in [0, 0.05) is 35.4 Å². The molecule has 38 heavy (non-hydrogen) atoms. The van der Waals surface area contributed by atoms with Gasteiger partial charge in [-0.05, 0) is 80.5 Å². The van der Waals surface area contributed by atoms with Gasteiger partial charge in [0.25, 0.3) is 5.91 Å². The van der Waals surface area contributed by atoms with Crippen molar-refractivity contribution in [2.45, 2.75) is 19.5 Å². The van der Waals surface area contributed by atoms with Crippen molar-refractivity contribution in [1.29, 1.82) is 0 Å². The molecule has 0 saturated carbocycles. The number of hydrogen-bond acceptors (Lipinski definition) is 6. The van der Waals surface area contributed by atoms with Gasteiger partial charge in [0.2, 0.25) is 5.95 Å². The van der Waals surface area contributed by atoms with Crippen LogP contribution in [0.25, 0.3) is 22.0 Å². The fraction of sp³-hybridized carbons (Fsp3) is 0.250. The third kappa shape index (κ3) is 6.57. The number of ether oxygens (including phenoxy) is 1. The van der Waals surface area contributed by atoms with Gasteiger partial charge < -0.3 is 20.7 Å². The first-order chi connectivity index (χ1) is 18.0. The van der Waals surface area contributed by atoms with E-state index in [-0.39, 0.29) is 24.0 Å². The number of nitrogen functional groups attached to an aromatic ring is 1. The van der Waals surface area contributed by atoms with Crippen LogP contribution in [-0.4, -0.2) is 48.0 Å². The number of fused-ring (bicyclic) bond motifs is 1. The van der Waals surface area contributed by atoms with Gasteiger partial charge in [0.15, 0.2) is 0 Å². The number of amides is 1. The monoisotopic (exact) mass is 523 g/mol. The van der Waals surface area contributed by atoms with Crippen molar-refractivity contribution in [1.82, 2.24) is 14.9 Å². The number of alkyl halides is 3. The summed E-state index contributed by atoms with van der Waals surface area (Å²) in [6, 6.07) is 13.9. The van der Waals surface area contributed by atoms with E-state index in [0.29, 0.717) is 17.5 Å². The molecule has 0 unspecified atom stereocenters. The van der Waals surface area contributed by atoms with Crippen molar-refractivity contribution in [3.05, 3.63) is 77.5 Å². The Morgan fingerprint density at radius 2 is 1.87 bits per heavy atom. The molecular weight excluding hydrogens is 495 g/mol. The Kier molecular flexibility index (Phi) is 7.82. The first-order valence-electron chi connectivity index (χ1n) is 11.9. The van der Waals surface area contributed by atoms with Crippen LogP contribution < -0.4 is 15.8 Å². The van der Waals surface area contributed by atoms with Crippen LogP contribution in [0.15, 0.2) is 60.8 Å². The van der Waals surface area contributed by atoms with Crippen LogP contribution in [-0.2, 0) is 6.18 Å². The lowest BCUT2D eigenvalue weighted by Crippen LogP contribution is -2.16. The highest BCUT2D eigenvalue weighted by atomic mass is 19.4. The number of rotatable bonds is 8. The number of hydrogen-bond donors (Lipinski definition) is 2. The summed E-state index contributed by atoms with van der Waals surface area (Å²) in [6.45, 7) is 2.89. The van der Waals surface area contributed by atoms with Gasteiger partial charge in [-0.2, -0.15) is 13.2 Å². The third-order valence-corrected chi connectivity index (χ3v) is 5.92. The fourth-order valence-electron chi connectivity index (χ4n) is 3.98. The first kappa shape index (κ1) is 26.9. The highest BCUT2D eigenvalue weighted by Crippen LogP contribution is 2.35. The number of nitrogens with one attached hydrogen (secondary N) is 1. The lowest BCUT2D eigenvalue weighted by molar-refractivity contribution is -0.137. The standard InChI is InChI=1S/C28H28F3N5O2/c1-17-5-6-19(12-24(17)18-7-8-25-20(11-18)16-33-27(32)35-25)26(37)34-22-13-21(28(29,30)31)14-23(15-22)38-10-4-9-36(2)3/h5-8,11-16H,4,9-10H2,1-3H3,(H,34,37)(H2,32,33,35). The van der Waals surface area contributed by atoms with Crippen molar-refractivity contribution in [2.75, 3.05) is 38.3 Å². The summed E-state index contributed by atoms with van der Waals surface area (Å²) in [5.74, 6) is -0.324. The predicted octanol–water partition coefficient (Wildman–Crippen LogP) is 5.79. The van der Waals surface area contributed by atoms with E-state index >= 15 is 0 Å². The van der Waals surface area contributed by atoms with E-state index < -0.39 is 17.6 Å². The first-order valence-corrected chi connectivity index (χ1v) is 11.9. The summed E-state index contributed by atoms with van der Waals surface area (Å²) in [4.78, 5) is 23.3. The predicted molar refractivity (Wildman–Crippen MR) is 142 cm³/mol. The molecule has 0 saturated heterocycles. The highest BCUT2D eigenvalue weighted by molar-refractivity contribution is 6.05. The van der Waals surface area contributed by atoms with Crippen LogP contribution in [0.1, 0.15) is 27.9 Å². The molecule has 0 radical (unpaired) electrons. The summed E-state index contributed by atoms with van der Waals surface area (Å²) < 4.78 is 46.1. The normalized spacial score (nSPS) is 11.7. The zero-order valence-corrected chi connectivity index (χ0v) is 21.3. The molecule has 0 atom stereocenters. The fourth-order valence-corrected chi connectivity index (χ4v) is 3.98. The van der Waals surface area contributed by atoms with E-state index in [1.54, 1.807) is 24.4 Å². The minimum Gasteiger partial charge on any atom is -0.493 e. The molecule has 0 aliphatic rings. The van der Waals surface area contributed by atoms with Gasteiger partial charge in [-0.1, -0.05) is 12.1 Å². The Morgan fingerprint density at radius 3 is 2.61 bits per heavy atom. The van der Waals surface area contributed by atoms with Crippen LogP contribution in [0.2, 0.25) is 0 Å². The number of benzene rings is 3. The summed E-state index contributed by atoms with van der Waals surface area (Å²) in [5.41, 5.74) is 8.30. The van der Waals surface area contributed by atoms with Crippen LogP contribution in [0.5, 0.6) is 5.75 Å². The van der Waals surface area contributed by atoms with E-state index in [1.165, 1.54) is 6.07 Å². The molecule has 0 bridgehead atoms. The molecule has 0 aliphatic heterocycles. The molecular formula is C28H28F3N5O2. The van der Waals surface area contributed by atoms with Crippen LogP contribution >= 0.6 is 0 Å². The van der Waals surface area contributed by atoms with Crippen LogP contribution in [0.4, 0.5) is 24.8 Å². The second kappa shape index (κ2) is 11.1. The molecule has 1 heterocycles. The summed E-state index contributed by atoms with van der Waals surface area (Å²) in [5, 5.41) is 3.38. The summed E-state index contributed by atoms with van der Waals surface area (Å²) >= 11 is 0. The molecule has 1 aromatic heterocycles. The van der Waals surface area contributed by atoms with E-state index in [1.807, 2.05) is 44.1 Å². The highest BCUT2D eigenvalue weighted by Gasteiger charge is 2.31. The second-order valence-electron chi connectivity index (χ2n) is 9.23. The Morgan fingerprint density at radius 1 is 1.08 bits per heavy atom. The molecule has 4 aromatic rings. The Labute approximate surface area is 218 Å². The number of nitrogens with zero attached hydrogens (tertiary/aromatic N) is 3. The number of aromatic nitrogens is 2. The molecule has 7 nitrogen and oxygen atoms in total. The largest absolute Gasteiger partial charge is 0.493 e. The number of halogens is 3. The van der Waals surface area contributed by atoms with Crippen LogP contribution in [0, 0.1) is 6.92 Å². The quantitative estimate of drug-likeness (QED) is 0.284. The zero-order chi connectivity index (χ0) is 27.4. The third-order valence-electron chi connectivity index (χ3n) is 5.92. The number of nitrogens with two attached hydrogens (primary N) is 1. The van der Waals surface area contributed by atoms with Gasteiger partial charge >= 0.3 is 6.18 Å². The zero-order valence-electron chi connectivity index (χ0n) is 21.3. The van der Waals surface area contributed by atoms with E-state index in [4.69, 9.17) is 10.5 Å². The summed E-state index contributed by atoms with van der Waals surface area (Å²) in [7, 11) is 3.80. The maximum Gasteiger partial charge on any atom is 0.416 e. The summed E-state index contributed by atoms with van der Waals surface area (Å²) in [6.07, 6.45) is -2.32. The minimum absolute atomic E-state index is 0.00463. The van der Waals surface area contributed by atoms with E-state index in [0.717, 1.165) is 40.8 Å². The van der Waals surface area contributed by atoms with Crippen molar-refractivity contribution in [3.63, 3.8) is 0 Å². The van der Waals surface area contributed by atoms with Gasteiger partial charge in [-0.25, -0.2) is 9.97 Å².